The van der Waals surface area contributed by atoms with Crippen molar-refractivity contribution in [2.75, 3.05) is 19.8 Å². The molecule has 2 nitrogen and oxygen atoms in total. The standard InChI is InChI=1S/C15H27NO/c1-13(2)16(15-8-10-17-11-9-15)12-14-6-4-3-5-7-14/h3-4,13-15H,5-12H2,1-2H3/t14-/m1/s1. The predicted octanol–water partition coefficient (Wildman–Crippen LogP) is 3.23. The number of hydrogen-bond donors (Lipinski definition) is 0. The Balaban J connectivity index is 1.89. The van der Waals surface area contributed by atoms with Crippen molar-refractivity contribution < 1.29 is 4.74 Å². The average Bonchev–Trinajstić information content (AvgIpc) is 2.38. The monoisotopic (exact) mass is 237 g/mol. The van der Waals surface area contributed by atoms with Gasteiger partial charge in [-0.05, 0) is 51.9 Å². The normalized spacial score (nSPS) is 26.9. The number of allylic oxidation sites excluding steroid dienone is 2. The first kappa shape index (κ1) is 13.1. The largest absolute Gasteiger partial charge is 0.381 e. The molecule has 0 aromatic rings. The molecular formula is C15H27NO. The zero-order valence-electron chi connectivity index (χ0n) is 11.4. The summed E-state index contributed by atoms with van der Waals surface area (Å²) in [6.45, 7) is 7.88. The Hall–Kier alpha value is -0.340. The second-order valence-electron chi connectivity index (χ2n) is 5.78. The molecular weight excluding hydrogens is 210 g/mol. The summed E-state index contributed by atoms with van der Waals surface area (Å²) >= 11 is 0. The molecule has 0 spiro atoms. The van der Waals surface area contributed by atoms with Gasteiger partial charge in [-0.15, -0.1) is 0 Å². The Kier molecular flexibility index (Phi) is 5.05. The number of hydrogen-bond acceptors (Lipinski definition) is 2. The third-order valence-electron chi connectivity index (χ3n) is 4.17. The highest BCUT2D eigenvalue weighted by atomic mass is 16.5. The molecule has 1 saturated heterocycles. The molecule has 17 heavy (non-hydrogen) atoms. The quantitative estimate of drug-likeness (QED) is 0.696. The van der Waals surface area contributed by atoms with E-state index in [1.165, 1.54) is 38.6 Å². The first-order valence-corrected chi connectivity index (χ1v) is 7.26. The smallest absolute Gasteiger partial charge is 0.0480 e. The van der Waals surface area contributed by atoms with Gasteiger partial charge in [-0.3, -0.25) is 4.90 Å². The average molecular weight is 237 g/mol. The summed E-state index contributed by atoms with van der Waals surface area (Å²) in [6, 6.07) is 1.43. The van der Waals surface area contributed by atoms with Gasteiger partial charge in [-0.1, -0.05) is 12.2 Å². The van der Waals surface area contributed by atoms with E-state index in [0.717, 1.165) is 25.2 Å². The summed E-state index contributed by atoms with van der Waals surface area (Å²) < 4.78 is 5.48. The number of ether oxygens (including phenoxy) is 1. The van der Waals surface area contributed by atoms with Crippen LogP contribution in [0.1, 0.15) is 46.0 Å². The molecule has 1 aliphatic heterocycles. The molecule has 0 N–H and O–H groups in total. The van der Waals surface area contributed by atoms with Crippen LogP contribution in [0.25, 0.3) is 0 Å². The second kappa shape index (κ2) is 6.55. The van der Waals surface area contributed by atoms with Gasteiger partial charge in [0.15, 0.2) is 0 Å². The minimum atomic E-state index is 0.670. The van der Waals surface area contributed by atoms with E-state index in [9.17, 15) is 0 Å². The van der Waals surface area contributed by atoms with Crippen LogP contribution < -0.4 is 0 Å². The molecule has 2 rings (SSSR count). The minimum absolute atomic E-state index is 0.670. The van der Waals surface area contributed by atoms with Crippen molar-refractivity contribution in [1.29, 1.82) is 0 Å². The third kappa shape index (κ3) is 3.82. The minimum Gasteiger partial charge on any atom is -0.381 e. The first-order chi connectivity index (χ1) is 8.27. The van der Waals surface area contributed by atoms with E-state index in [-0.39, 0.29) is 0 Å². The van der Waals surface area contributed by atoms with Gasteiger partial charge in [0.2, 0.25) is 0 Å². The van der Waals surface area contributed by atoms with Crippen molar-refractivity contribution in [3.05, 3.63) is 12.2 Å². The van der Waals surface area contributed by atoms with E-state index in [1.807, 2.05) is 0 Å². The first-order valence-electron chi connectivity index (χ1n) is 7.26. The fourth-order valence-corrected chi connectivity index (χ4v) is 3.12. The Morgan fingerprint density at radius 1 is 1.18 bits per heavy atom. The van der Waals surface area contributed by atoms with Crippen molar-refractivity contribution in [3.8, 4) is 0 Å². The SMILES string of the molecule is CC(C)N(C[C@@H]1CC=CCC1)C1CCOCC1. The molecule has 1 aliphatic carbocycles. The lowest BCUT2D eigenvalue weighted by molar-refractivity contribution is 0.0151. The van der Waals surface area contributed by atoms with Crippen molar-refractivity contribution in [3.63, 3.8) is 0 Å². The maximum atomic E-state index is 5.48. The Bertz CT molecular complexity index is 243. The van der Waals surface area contributed by atoms with E-state index in [0.29, 0.717) is 6.04 Å². The van der Waals surface area contributed by atoms with Gasteiger partial charge < -0.3 is 4.74 Å². The van der Waals surface area contributed by atoms with E-state index in [1.54, 1.807) is 0 Å². The maximum Gasteiger partial charge on any atom is 0.0480 e. The summed E-state index contributed by atoms with van der Waals surface area (Å²) in [5.74, 6) is 0.880. The van der Waals surface area contributed by atoms with E-state index in [4.69, 9.17) is 4.74 Å². The van der Waals surface area contributed by atoms with Gasteiger partial charge in [0.25, 0.3) is 0 Å². The van der Waals surface area contributed by atoms with Crippen LogP contribution in [-0.4, -0.2) is 36.7 Å². The lowest BCUT2D eigenvalue weighted by atomic mass is 9.92. The van der Waals surface area contributed by atoms with Crippen LogP contribution in [0.3, 0.4) is 0 Å². The number of rotatable bonds is 4. The molecule has 1 fully saturated rings. The van der Waals surface area contributed by atoms with Gasteiger partial charge in [0.1, 0.15) is 0 Å². The van der Waals surface area contributed by atoms with Crippen molar-refractivity contribution in [1.82, 2.24) is 4.90 Å². The lowest BCUT2D eigenvalue weighted by Crippen LogP contribution is -2.46. The molecule has 98 valence electrons. The van der Waals surface area contributed by atoms with Crippen LogP contribution in [0.15, 0.2) is 12.2 Å². The molecule has 0 saturated carbocycles. The predicted molar refractivity (Wildman–Crippen MR) is 72.2 cm³/mol. The Morgan fingerprint density at radius 2 is 1.94 bits per heavy atom. The molecule has 0 aromatic carbocycles. The Morgan fingerprint density at radius 3 is 2.53 bits per heavy atom. The van der Waals surface area contributed by atoms with E-state index >= 15 is 0 Å². The molecule has 0 radical (unpaired) electrons. The highest BCUT2D eigenvalue weighted by molar-refractivity contribution is 4.92. The summed E-state index contributed by atoms with van der Waals surface area (Å²) in [4.78, 5) is 2.73. The number of nitrogens with zero attached hydrogens (tertiary/aromatic N) is 1. The fourth-order valence-electron chi connectivity index (χ4n) is 3.12. The molecule has 0 unspecified atom stereocenters. The van der Waals surface area contributed by atoms with Gasteiger partial charge in [0, 0.05) is 31.8 Å². The van der Waals surface area contributed by atoms with Gasteiger partial charge in [-0.25, -0.2) is 0 Å². The summed E-state index contributed by atoms with van der Waals surface area (Å²) in [5.41, 5.74) is 0. The fraction of sp³-hybridized carbons (Fsp3) is 0.867. The zero-order valence-corrected chi connectivity index (χ0v) is 11.4. The van der Waals surface area contributed by atoms with Gasteiger partial charge >= 0.3 is 0 Å². The van der Waals surface area contributed by atoms with Crippen LogP contribution in [-0.2, 0) is 4.74 Å². The molecule has 1 heterocycles. The Labute approximate surface area is 106 Å². The van der Waals surface area contributed by atoms with Crippen molar-refractivity contribution in [2.45, 2.75) is 58.0 Å². The van der Waals surface area contributed by atoms with Crippen LogP contribution in [0.5, 0.6) is 0 Å². The second-order valence-corrected chi connectivity index (χ2v) is 5.78. The highest BCUT2D eigenvalue weighted by Gasteiger charge is 2.26. The summed E-state index contributed by atoms with van der Waals surface area (Å²) in [5, 5.41) is 0. The van der Waals surface area contributed by atoms with Crippen LogP contribution in [0.4, 0.5) is 0 Å². The molecule has 0 aromatic heterocycles. The van der Waals surface area contributed by atoms with Crippen LogP contribution in [0, 0.1) is 5.92 Å². The molecule has 2 heteroatoms. The summed E-state index contributed by atoms with van der Waals surface area (Å²) in [6.07, 6.45) is 11.1. The lowest BCUT2D eigenvalue weighted by Gasteiger charge is -2.39. The van der Waals surface area contributed by atoms with E-state index in [2.05, 4.69) is 30.9 Å². The molecule has 2 aliphatic rings. The van der Waals surface area contributed by atoms with Crippen LogP contribution >= 0.6 is 0 Å². The zero-order chi connectivity index (χ0) is 12.1. The van der Waals surface area contributed by atoms with Crippen molar-refractivity contribution in [2.24, 2.45) is 5.92 Å². The molecule has 1 atom stereocenters. The maximum absolute atomic E-state index is 5.48. The topological polar surface area (TPSA) is 12.5 Å². The summed E-state index contributed by atoms with van der Waals surface area (Å²) in [7, 11) is 0. The van der Waals surface area contributed by atoms with Crippen molar-refractivity contribution >= 4 is 0 Å². The third-order valence-corrected chi connectivity index (χ3v) is 4.17. The molecule has 0 amide bonds. The highest BCUT2D eigenvalue weighted by Crippen LogP contribution is 2.24. The van der Waals surface area contributed by atoms with Gasteiger partial charge in [-0.2, -0.15) is 0 Å². The van der Waals surface area contributed by atoms with Crippen LogP contribution in [0.2, 0.25) is 0 Å². The van der Waals surface area contributed by atoms with E-state index < -0.39 is 0 Å². The molecule has 0 bridgehead atoms. The van der Waals surface area contributed by atoms with Gasteiger partial charge in [0.05, 0.1) is 0 Å².